The van der Waals surface area contributed by atoms with Crippen LogP contribution in [0.2, 0.25) is 0 Å². The molecule has 0 aliphatic rings. The molecule has 0 aromatic carbocycles. The van der Waals surface area contributed by atoms with Gasteiger partial charge in [0.05, 0.1) is 11.0 Å². The molecule has 0 saturated heterocycles. The summed E-state index contributed by atoms with van der Waals surface area (Å²) in [5.41, 5.74) is 1.37. The monoisotopic (exact) mass is 604 g/mol. The zero-order chi connectivity index (χ0) is 31.6. The Hall–Kier alpha value is -7.60. The molecule has 0 aliphatic carbocycles. The number of ketones is 2. The minimum Gasteiger partial charge on any atom is -0.320 e. The van der Waals surface area contributed by atoms with Crippen molar-refractivity contribution in [1.29, 1.82) is 10.5 Å². The first-order chi connectivity index (χ1) is 22.6. The van der Waals surface area contributed by atoms with Crippen LogP contribution in [0, 0.1) is 22.7 Å². The van der Waals surface area contributed by atoms with E-state index in [2.05, 4.69) is 71.9 Å². The third-order valence-electron chi connectivity index (χ3n) is 6.59. The third kappa shape index (κ3) is 4.71. The fourth-order valence-electron chi connectivity index (χ4n) is 4.53. The summed E-state index contributed by atoms with van der Waals surface area (Å²) in [7, 11) is 0. The maximum absolute atomic E-state index is 12.8. The van der Waals surface area contributed by atoms with E-state index in [1.54, 1.807) is 45.7 Å². The lowest BCUT2D eigenvalue weighted by molar-refractivity contribution is 0.101. The molecule has 0 unspecified atom stereocenters. The van der Waals surface area contributed by atoms with Crippen LogP contribution in [0.25, 0.3) is 22.2 Å². The van der Waals surface area contributed by atoms with Crippen LogP contribution in [-0.4, -0.2) is 80.2 Å². The lowest BCUT2D eigenvalue weighted by atomic mass is 10.2. The average Bonchev–Trinajstić information content (AvgIpc) is 3.72. The lowest BCUT2D eigenvalue weighted by Gasteiger charge is -2.03. The Morgan fingerprint density at radius 3 is 1.28 bits per heavy atom. The SMILES string of the molecule is N#C/C(c1ncnc(C(=O)c2ncncn2)n1)=c1/ccn2cc3/c(=C(/C#N)c4ncnc(C(=O)c5ncncn5)n4)ccn3cc12. The second-order valence-corrected chi connectivity index (χ2v) is 9.12. The predicted octanol–water partition coefficient (Wildman–Crippen LogP) is -1.16. The maximum Gasteiger partial charge on any atom is 0.267 e. The Morgan fingerprint density at radius 1 is 0.522 bits per heavy atom. The van der Waals surface area contributed by atoms with E-state index in [4.69, 9.17) is 0 Å². The Bertz CT molecular complexity index is 2370. The minimum atomic E-state index is -0.656. The van der Waals surface area contributed by atoms with Crippen molar-refractivity contribution in [3.63, 3.8) is 0 Å². The minimum absolute atomic E-state index is 0.0197. The predicted molar refractivity (Wildman–Crippen MR) is 150 cm³/mol. The summed E-state index contributed by atoms with van der Waals surface area (Å²) in [5, 5.41) is 21.2. The number of hydrogen-bond donors (Lipinski definition) is 0. The summed E-state index contributed by atoms with van der Waals surface area (Å²) < 4.78 is 3.50. The van der Waals surface area contributed by atoms with Gasteiger partial charge >= 0.3 is 0 Å². The molecule has 0 N–H and O–H groups in total. The van der Waals surface area contributed by atoms with E-state index < -0.39 is 11.6 Å². The number of carbonyl (C=O) groups excluding carboxylic acids is 2. The van der Waals surface area contributed by atoms with Gasteiger partial charge in [0, 0.05) is 35.2 Å². The molecular weight excluding hydrogens is 592 g/mol. The van der Waals surface area contributed by atoms with Crippen molar-refractivity contribution in [3.05, 3.63) is 120 Å². The van der Waals surface area contributed by atoms with Crippen LogP contribution >= 0.6 is 0 Å². The zero-order valence-electron chi connectivity index (χ0n) is 22.9. The molecule has 0 fully saturated rings. The number of hydrogen-bond acceptors (Lipinski definition) is 16. The first-order valence-corrected chi connectivity index (χ1v) is 12.9. The molecule has 7 aromatic rings. The third-order valence-corrected chi connectivity index (χ3v) is 6.59. The lowest BCUT2D eigenvalue weighted by Crippen LogP contribution is -2.16. The van der Waals surface area contributed by atoms with Crippen LogP contribution in [0.3, 0.4) is 0 Å². The highest BCUT2D eigenvalue weighted by Crippen LogP contribution is 2.12. The molecule has 0 bridgehead atoms. The highest BCUT2D eigenvalue weighted by Gasteiger charge is 2.20. The van der Waals surface area contributed by atoms with E-state index in [0.29, 0.717) is 21.5 Å². The van der Waals surface area contributed by atoms with Gasteiger partial charge in [0.15, 0.2) is 11.6 Å². The molecule has 18 heteroatoms. The summed E-state index contributed by atoms with van der Waals surface area (Å²) in [6, 6.07) is 7.65. The molecule has 7 rings (SSSR count). The number of nitrogens with zero attached hydrogens (tertiary/aromatic N) is 16. The first-order valence-electron chi connectivity index (χ1n) is 12.9. The van der Waals surface area contributed by atoms with Gasteiger partial charge in [-0.2, -0.15) is 10.5 Å². The van der Waals surface area contributed by atoms with Crippen molar-refractivity contribution in [1.82, 2.24) is 68.6 Å². The molecule has 0 amide bonds. The number of carbonyl (C=O) groups is 2. The van der Waals surface area contributed by atoms with Gasteiger partial charge in [-0.25, -0.2) is 59.8 Å². The van der Waals surface area contributed by atoms with Crippen molar-refractivity contribution in [2.24, 2.45) is 0 Å². The van der Waals surface area contributed by atoms with Crippen molar-refractivity contribution in [2.75, 3.05) is 0 Å². The smallest absolute Gasteiger partial charge is 0.267 e. The average molecular weight is 605 g/mol. The van der Waals surface area contributed by atoms with Gasteiger partial charge in [-0.3, -0.25) is 9.59 Å². The Morgan fingerprint density at radius 2 is 0.891 bits per heavy atom. The van der Waals surface area contributed by atoms with E-state index in [9.17, 15) is 20.1 Å². The van der Waals surface area contributed by atoms with E-state index in [-0.39, 0.29) is 46.1 Å². The topological polar surface area (TPSA) is 245 Å². The Labute approximate surface area is 254 Å². The van der Waals surface area contributed by atoms with Crippen molar-refractivity contribution < 1.29 is 9.59 Å². The van der Waals surface area contributed by atoms with E-state index >= 15 is 0 Å². The molecule has 46 heavy (non-hydrogen) atoms. The standard InChI is InChI=1S/C28H12N16O2/c29-5-17(23-37-13-39-27(41-23)21(45)25-33-9-31-10-34-25)15-1-3-43-8-20-16(2-4-44(20)7-19(15)43)18(6-30)24-38-14-40-28(42-24)22(46)26-35-11-32-12-36-26/h1-4,7-14H/b17-15-,18-16+. The highest BCUT2D eigenvalue weighted by atomic mass is 16.1. The summed E-state index contributed by atoms with van der Waals surface area (Å²) in [6.07, 6.45) is 13.9. The van der Waals surface area contributed by atoms with Gasteiger partial charge in [-0.15, -0.1) is 0 Å². The second kappa shape index (κ2) is 11.2. The van der Waals surface area contributed by atoms with E-state index in [1.165, 1.54) is 25.3 Å². The van der Waals surface area contributed by atoms with Gasteiger partial charge in [-0.1, -0.05) is 0 Å². The molecule has 216 valence electrons. The van der Waals surface area contributed by atoms with Crippen LogP contribution in [-0.2, 0) is 0 Å². The highest BCUT2D eigenvalue weighted by molar-refractivity contribution is 6.04. The fraction of sp³-hybridized carbons (Fsp3) is 0. The molecule has 0 spiro atoms. The quantitative estimate of drug-likeness (QED) is 0.203. The second-order valence-electron chi connectivity index (χ2n) is 9.12. The van der Waals surface area contributed by atoms with Crippen LogP contribution in [0.15, 0.2) is 74.9 Å². The van der Waals surface area contributed by atoms with Gasteiger partial charge in [0.2, 0.25) is 23.3 Å². The molecule has 0 aliphatic heterocycles. The van der Waals surface area contributed by atoms with Gasteiger partial charge < -0.3 is 8.80 Å². The molecule has 7 heterocycles. The number of aromatic nitrogens is 14. The van der Waals surface area contributed by atoms with Crippen molar-refractivity contribution in [3.8, 4) is 12.1 Å². The van der Waals surface area contributed by atoms with Crippen molar-refractivity contribution >= 4 is 33.7 Å². The maximum atomic E-state index is 12.8. The fourth-order valence-corrected chi connectivity index (χ4v) is 4.53. The summed E-state index contributed by atoms with van der Waals surface area (Å²) >= 11 is 0. The van der Waals surface area contributed by atoms with Gasteiger partial charge in [-0.05, 0) is 12.1 Å². The van der Waals surface area contributed by atoms with E-state index in [0.717, 1.165) is 12.7 Å². The van der Waals surface area contributed by atoms with Gasteiger partial charge in [0.25, 0.3) is 11.6 Å². The zero-order valence-corrected chi connectivity index (χ0v) is 22.9. The molecule has 0 radical (unpaired) electrons. The Kier molecular flexibility index (Phi) is 6.66. The van der Waals surface area contributed by atoms with Gasteiger partial charge in [0.1, 0.15) is 61.2 Å². The molecule has 18 nitrogen and oxygen atoms in total. The summed E-state index contributed by atoms with van der Waals surface area (Å²) in [5.74, 6) is -2.12. The number of fused-ring (bicyclic) bond motifs is 2. The number of rotatable bonds is 6. The van der Waals surface area contributed by atoms with Crippen LogP contribution < -0.4 is 10.4 Å². The molecule has 0 saturated carbocycles. The van der Waals surface area contributed by atoms with Crippen molar-refractivity contribution in [2.45, 2.75) is 0 Å². The van der Waals surface area contributed by atoms with E-state index in [1.807, 2.05) is 0 Å². The largest absolute Gasteiger partial charge is 0.320 e. The molecule has 0 atom stereocenters. The summed E-state index contributed by atoms with van der Waals surface area (Å²) in [4.78, 5) is 72.8. The van der Waals surface area contributed by atoms with Crippen LogP contribution in [0.5, 0.6) is 0 Å². The number of nitriles is 2. The summed E-state index contributed by atoms with van der Waals surface area (Å²) in [6.45, 7) is 0. The first kappa shape index (κ1) is 27.2. The van der Waals surface area contributed by atoms with Crippen LogP contribution in [0.4, 0.5) is 0 Å². The normalized spacial score (nSPS) is 12.3. The molecular formula is C28H12N16O2. The Balaban J connectivity index is 1.34. The van der Waals surface area contributed by atoms with Crippen LogP contribution in [0.1, 0.15) is 44.5 Å². The molecule has 7 aromatic heterocycles.